The van der Waals surface area contributed by atoms with E-state index in [1.165, 1.54) is 32.1 Å². The van der Waals surface area contributed by atoms with E-state index in [0.717, 1.165) is 28.8 Å². The van der Waals surface area contributed by atoms with E-state index in [9.17, 15) is 0 Å². The summed E-state index contributed by atoms with van der Waals surface area (Å²) in [6.45, 7) is 8.76. The zero-order valence-corrected chi connectivity index (χ0v) is 16.6. The predicted octanol–water partition coefficient (Wildman–Crippen LogP) is 7.23. The molecule has 4 fully saturated rings. The molecule has 1 heteroatoms. The van der Waals surface area contributed by atoms with Crippen LogP contribution in [0.1, 0.15) is 84.5 Å². The van der Waals surface area contributed by atoms with E-state index < -0.39 is 0 Å². The van der Waals surface area contributed by atoms with Gasteiger partial charge in [-0.15, -0.1) is 14.5 Å². The van der Waals surface area contributed by atoms with E-state index in [0.29, 0.717) is 0 Å². The molecule has 0 aromatic carbocycles. The molecule has 0 aromatic rings. The van der Waals surface area contributed by atoms with Gasteiger partial charge < -0.3 is 0 Å². The van der Waals surface area contributed by atoms with Crippen LogP contribution >= 0.6 is 7.92 Å². The topological polar surface area (TPSA) is 0 Å². The highest BCUT2D eigenvalue weighted by Crippen LogP contribution is 2.69. The van der Waals surface area contributed by atoms with E-state index in [1.807, 2.05) is 0 Å². The Hall–Kier alpha value is 0.170. The van der Waals surface area contributed by atoms with Crippen LogP contribution in [-0.4, -0.2) is 17.5 Å². The molecule has 132 valence electrons. The van der Waals surface area contributed by atoms with Crippen LogP contribution in [0.25, 0.3) is 0 Å². The molecule has 4 aliphatic rings. The van der Waals surface area contributed by atoms with Crippen molar-refractivity contribution in [2.75, 3.05) is 12.3 Å². The maximum atomic E-state index is 3.98. The van der Waals surface area contributed by atoms with Gasteiger partial charge in [0, 0.05) is 0 Å². The summed E-state index contributed by atoms with van der Waals surface area (Å²) in [6.07, 6.45) is 22.0. The number of hydrogen-bond acceptors (Lipinski definition) is 0. The van der Waals surface area contributed by atoms with Gasteiger partial charge in [-0.2, -0.15) is 0 Å². The smallest absolute Gasteiger partial charge is 0.00865 e. The summed E-state index contributed by atoms with van der Waals surface area (Å²) in [4.78, 5) is 0. The van der Waals surface area contributed by atoms with Gasteiger partial charge in [-0.05, 0) is 98.9 Å². The van der Waals surface area contributed by atoms with Crippen LogP contribution in [0.3, 0.4) is 0 Å². The largest absolute Gasteiger partial charge is 0.103 e. The van der Waals surface area contributed by atoms with Crippen LogP contribution in [0.5, 0.6) is 0 Å². The van der Waals surface area contributed by atoms with Crippen LogP contribution in [0.4, 0.5) is 0 Å². The second-order valence-electron chi connectivity index (χ2n) is 9.07. The van der Waals surface area contributed by atoms with Crippen molar-refractivity contribution in [1.82, 2.24) is 0 Å². The first-order chi connectivity index (χ1) is 11.2. The Bertz CT molecular complexity index is 350. The summed E-state index contributed by atoms with van der Waals surface area (Å²) in [5.41, 5.74) is 0. The Labute approximate surface area is 146 Å². The standard InChI is InChI=1S/C22H39P/c1-4-7-10-23(11-9-18(6-3)8-5-2)22-15-19-12-20(16-22)14-21(13-19)17-22/h5,18-21H,2,4,6-17H2,1,3H3. The van der Waals surface area contributed by atoms with Gasteiger partial charge in [0.05, 0.1) is 0 Å². The third-order valence-corrected chi connectivity index (χ3v) is 10.9. The molecular weight excluding hydrogens is 295 g/mol. The van der Waals surface area contributed by atoms with Crippen LogP contribution in [0, 0.1) is 23.7 Å². The summed E-state index contributed by atoms with van der Waals surface area (Å²) in [7, 11) is 0.276. The quantitative estimate of drug-likeness (QED) is 0.292. The lowest BCUT2D eigenvalue weighted by Crippen LogP contribution is -2.50. The van der Waals surface area contributed by atoms with Crippen molar-refractivity contribution in [3.8, 4) is 0 Å². The van der Waals surface area contributed by atoms with Crippen LogP contribution in [0.2, 0.25) is 0 Å². The molecule has 2 unspecified atom stereocenters. The zero-order valence-electron chi connectivity index (χ0n) is 15.7. The van der Waals surface area contributed by atoms with E-state index in [-0.39, 0.29) is 7.92 Å². The van der Waals surface area contributed by atoms with Gasteiger partial charge in [-0.1, -0.05) is 32.8 Å². The Morgan fingerprint density at radius 3 is 2.13 bits per heavy atom. The average Bonchev–Trinajstić information content (AvgIpc) is 2.52. The van der Waals surface area contributed by atoms with Crippen LogP contribution < -0.4 is 0 Å². The Balaban J connectivity index is 1.67. The molecule has 0 radical (unpaired) electrons. The van der Waals surface area contributed by atoms with Crippen LogP contribution in [0.15, 0.2) is 12.7 Å². The molecule has 4 saturated carbocycles. The van der Waals surface area contributed by atoms with Gasteiger partial charge in [0.2, 0.25) is 0 Å². The highest BCUT2D eigenvalue weighted by Gasteiger charge is 2.53. The fourth-order valence-electron chi connectivity index (χ4n) is 6.45. The molecule has 0 aromatic heterocycles. The minimum absolute atomic E-state index is 0.276. The lowest BCUT2D eigenvalue weighted by molar-refractivity contribution is 0.0354. The van der Waals surface area contributed by atoms with Gasteiger partial charge in [0.15, 0.2) is 0 Å². The molecule has 2 atom stereocenters. The zero-order chi connectivity index (χ0) is 16.3. The molecular formula is C22H39P. The van der Waals surface area contributed by atoms with Gasteiger partial charge in [0.1, 0.15) is 0 Å². The summed E-state index contributed by atoms with van der Waals surface area (Å²) < 4.78 is 0. The monoisotopic (exact) mass is 334 g/mol. The van der Waals surface area contributed by atoms with Crippen LogP contribution in [-0.2, 0) is 0 Å². The van der Waals surface area contributed by atoms with E-state index in [4.69, 9.17) is 0 Å². The normalized spacial score (nSPS) is 37.7. The summed E-state index contributed by atoms with van der Waals surface area (Å²) >= 11 is 0. The molecule has 0 nitrogen and oxygen atoms in total. The highest BCUT2D eigenvalue weighted by molar-refractivity contribution is 7.59. The maximum Gasteiger partial charge on any atom is -0.00865 e. The molecule has 0 heterocycles. The fourth-order valence-corrected chi connectivity index (χ4v) is 10.5. The molecule has 23 heavy (non-hydrogen) atoms. The van der Waals surface area contributed by atoms with Gasteiger partial charge in [-0.25, -0.2) is 0 Å². The van der Waals surface area contributed by atoms with Crippen molar-refractivity contribution < 1.29 is 0 Å². The van der Waals surface area contributed by atoms with Gasteiger partial charge >= 0.3 is 0 Å². The number of rotatable bonds is 10. The SMILES string of the molecule is C=CCC(CC)CCP(CCCC)C12CC3CC(CC(C3)C1)C2. The molecule has 4 bridgehead atoms. The first-order valence-corrected chi connectivity index (χ1v) is 12.3. The van der Waals surface area contributed by atoms with E-state index >= 15 is 0 Å². The Kier molecular flexibility index (Phi) is 6.28. The van der Waals surface area contributed by atoms with Crippen molar-refractivity contribution in [2.24, 2.45) is 23.7 Å². The number of unbranched alkanes of at least 4 members (excludes halogenated alkanes) is 1. The fraction of sp³-hybridized carbons (Fsp3) is 0.909. The van der Waals surface area contributed by atoms with E-state index in [2.05, 4.69) is 26.5 Å². The first-order valence-electron chi connectivity index (χ1n) is 10.5. The molecule has 0 N–H and O–H groups in total. The average molecular weight is 335 g/mol. The van der Waals surface area contributed by atoms with E-state index in [1.54, 1.807) is 50.8 Å². The predicted molar refractivity (Wildman–Crippen MR) is 106 cm³/mol. The summed E-state index contributed by atoms with van der Waals surface area (Å²) in [5.74, 6) is 4.29. The number of hydrogen-bond donors (Lipinski definition) is 0. The summed E-state index contributed by atoms with van der Waals surface area (Å²) in [5, 5.41) is 0.839. The molecule has 0 aliphatic heterocycles. The van der Waals surface area contributed by atoms with Crippen molar-refractivity contribution in [3.63, 3.8) is 0 Å². The lowest BCUT2D eigenvalue weighted by atomic mass is 9.56. The Morgan fingerprint density at radius 2 is 1.65 bits per heavy atom. The van der Waals surface area contributed by atoms with Crippen molar-refractivity contribution in [3.05, 3.63) is 12.7 Å². The van der Waals surface area contributed by atoms with Gasteiger partial charge in [0.25, 0.3) is 0 Å². The van der Waals surface area contributed by atoms with Crippen molar-refractivity contribution >= 4 is 7.92 Å². The lowest BCUT2D eigenvalue weighted by Gasteiger charge is -2.60. The minimum atomic E-state index is 0.276. The third-order valence-electron chi connectivity index (χ3n) is 7.34. The Morgan fingerprint density at radius 1 is 1.04 bits per heavy atom. The van der Waals surface area contributed by atoms with Crippen molar-refractivity contribution in [1.29, 1.82) is 0 Å². The summed E-state index contributed by atoms with van der Waals surface area (Å²) in [6, 6.07) is 0. The highest BCUT2D eigenvalue weighted by atomic mass is 31.1. The second-order valence-corrected chi connectivity index (χ2v) is 12.0. The third kappa shape index (κ3) is 4.05. The minimum Gasteiger partial charge on any atom is -0.103 e. The molecule has 0 amide bonds. The molecule has 4 rings (SSSR count). The number of allylic oxidation sites excluding steroid dienone is 1. The maximum absolute atomic E-state index is 3.98. The molecule has 4 aliphatic carbocycles. The first kappa shape index (κ1) is 18.0. The molecule has 0 spiro atoms. The molecule has 0 saturated heterocycles. The van der Waals surface area contributed by atoms with Crippen molar-refractivity contribution in [2.45, 2.75) is 89.6 Å². The van der Waals surface area contributed by atoms with Gasteiger partial charge in [-0.3, -0.25) is 0 Å². The second kappa shape index (κ2) is 8.03.